The zero-order valence-corrected chi connectivity index (χ0v) is 18.2. The number of amides is 1. The molecule has 30 heavy (non-hydrogen) atoms. The molecule has 6 nitrogen and oxygen atoms in total. The lowest BCUT2D eigenvalue weighted by molar-refractivity contribution is 0.0950. The predicted molar refractivity (Wildman–Crippen MR) is 117 cm³/mol. The largest absolute Gasteiger partial charge is 0.493 e. The van der Waals surface area contributed by atoms with Gasteiger partial charge in [-0.05, 0) is 49.2 Å². The Bertz CT molecular complexity index is 820. The number of carbonyl (C=O) groups excluding carboxylic acids is 1. The van der Waals surface area contributed by atoms with Crippen molar-refractivity contribution in [3.05, 3.63) is 53.1 Å². The molecule has 2 aromatic carbocycles. The molecule has 1 saturated heterocycles. The Morgan fingerprint density at radius 2 is 1.53 bits per heavy atom. The molecule has 1 amide bonds. The van der Waals surface area contributed by atoms with Gasteiger partial charge in [-0.3, -0.25) is 9.69 Å². The van der Waals surface area contributed by atoms with Crippen LogP contribution >= 0.6 is 0 Å². The molecular formula is C24H32N2O4. The highest BCUT2D eigenvalue weighted by atomic mass is 16.5. The van der Waals surface area contributed by atoms with Crippen molar-refractivity contribution < 1.29 is 19.0 Å². The molecule has 0 spiro atoms. The third-order valence-electron chi connectivity index (χ3n) is 5.48. The highest BCUT2D eigenvalue weighted by molar-refractivity contribution is 5.95. The molecule has 0 aromatic heterocycles. The molecule has 1 heterocycles. The van der Waals surface area contributed by atoms with Crippen LogP contribution in [0.2, 0.25) is 0 Å². The lowest BCUT2D eigenvalue weighted by Gasteiger charge is -2.20. The smallest absolute Gasteiger partial charge is 0.251 e. The molecular weight excluding hydrogens is 380 g/mol. The van der Waals surface area contributed by atoms with Crippen LogP contribution in [0.25, 0.3) is 0 Å². The summed E-state index contributed by atoms with van der Waals surface area (Å²) in [6.07, 6.45) is 5.24. The van der Waals surface area contributed by atoms with E-state index in [2.05, 4.69) is 28.4 Å². The Morgan fingerprint density at radius 1 is 0.900 bits per heavy atom. The molecule has 0 unspecified atom stereocenters. The molecule has 162 valence electrons. The van der Waals surface area contributed by atoms with E-state index in [1.54, 1.807) is 19.2 Å². The summed E-state index contributed by atoms with van der Waals surface area (Å²) in [5.41, 5.74) is 2.84. The van der Waals surface area contributed by atoms with Gasteiger partial charge < -0.3 is 19.5 Å². The fraction of sp³-hybridized carbons (Fsp3) is 0.458. The lowest BCUT2D eigenvalue weighted by Crippen LogP contribution is -2.24. The number of rotatable bonds is 8. The molecule has 0 bridgehead atoms. The van der Waals surface area contributed by atoms with Crippen molar-refractivity contribution in [2.45, 2.75) is 38.8 Å². The number of nitrogens with one attached hydrogen (secondary N) is 1. The second kappa shape index (κ2) is 10.9. The Morgan fingerprint density at radius 3 is 2.13 bits per heavy atom. The maximum absolute atomic E-state index is 12.7. The Hall–Kier alpha value is -2.73. The number of hydrogen-bond donors (Lipinski definition) is 1. The number of likely N-dealkylation sites (tertiary alicyclic amines) is 1. The van der Waals surface area contributed by atoms with Crippen molar-refractivity contribution in [3.63, 3.8) is 0 Å². The van der Waals surface area contributed by atoms with Gasteiger partial charge in [-0.2, -0.15) is 0 Å². The van der Waals surface area contributed by atoms with E-state index < -0.39 is 0 Å². The molecule has 1 aliphatic rings. The van der Waals surface area contributed by atoms with E-state index in [9.17, 15) is 4.79 Å². The van der Waals surface area contributed by atoms with Crippen molar-refractivity contribution in [2.75, 3.05) is 34.4 Å². The second-order valence-electron chi connectivity index (χ2n) is 7.61. The Kier molecular flexibility index (Phi) is 7.97. The van der Waals surface area contributed by atoms with Crippen molar-refractivity contribution in [3.8, 4) is 17.2 Å². The number of benzene rings is 2. The first-order valence-corrected chi connectivity index (χ1v) is 10.5. The summed E-state index contributed by atoms with van der Waals surface area (Å²) in [6.45, 7) is 3.77. The van der Waals surface area contributed by atoms with E-state index in [0.717, 1.165) is 12.1 Å². The van der Waals surface area contributed by atoms with Crippen molar-refractivity contribution in [2.24, 2.45) is 0 Å². The van der Waals surface area contributed by atoms with Gasteiger partial charge in [-0.15, -0.1) is 0 Å². The standard InChI is InChI=1S/C24H32N2O4/c1-28-21-14-20(15-22(29-2)23(21)30-3)24(27)25-16-18-9-8-10-19(13-18)17-26-11-6-4-5-7-12-26/h8-10,13-15H,4-7,11-12,16-17H2,1-3H3,(H,25,27). The summed E-state index contributed by atoms with van der Waals surface area (Å²) in [7, 11) is 4.61. The Labute approximate surface area is 179 Å². The van der Waals surface area contributed by atoms with E-state index in [4.69, 9.17) is 14.2 Å². The molecule has 1 aliphatic heterocycles. The number of methoxy groups -OCH3 is 3. The van der Waals surface area contributed by atoms with Crippen molar-refractivity contribution in [1.82, 2.24) is 10.2 Å². The maximum Gasteiger partial charge on any atom is 0.251 e. The van der Waals surface area contributed by atoms with E-state index in [1.165, 1.54) is 58.6 Å². The normalized spacial score (nSPS) is 14.6. The van der Waals surface area contributed by atoms with Crippen LogP contribution in [0, 0.1) is 0 Å². The minimum atomic E-state index is -0.188. The van der Waals surface area contributed by atoms with Gasteiger partial charge >= 0.3 is 0 Å². The van der Waals surface area contributed by atoms with Crippen molar-refractivity contribution in [1.29, 1.82) is 0 Å². The van der Waals surface area contributed by atoms with Crippen LogP contribution in [0.1, 0.15) is 47.2 Å². The van der Waals surface area contributed by atoms with Gasteiger partial charge in [-0.1, -0.05) is 37.1 Å². The van der Waals surface area contributed by atoms with Gasteiger partial charge in [0.15, 0.2) is 11.5 Å². The SMILES string of the molecule is COc1cc(C(=O)NCc2cccc(CN3CCCCCC3)c2)cc(OC)c1OC. The molecule has 6 heteroatoms. The topological polar surface area (TPSA) is 60.0 Å². The quantitative estimate of drug-likeness (QED) is 0.710. The monoisotopic (exact) mass is 412 g/mol. The number of nitrogens with zero attached hydrogens (tertiary/aromatic N) is 1. The second-order valence-corrected chi connectivity index (χ2v) is 7.61. The summed E-state index contributed by atoms with van der Waals surface area (Å²) < 4.78 is 16.0. The van der Waals surface area contributed by atoms with Crippen LogP contribution in [-0.4, -0.2) is 45.2 Å². The first-order chi connectivity index (χ1) is 14.6. The summed E-state index contributed by atoms with van der Waals surface area (Å²) >= 11 is 0. The number of hydrogen-bond acceptors (Lipinski definition) is 5. The van der Waals surface area contributed by atoms with Gasteiger partial charge in [-0.25, -0.2) is 0 Å². The van der Waals surface area contributed by atoms with E-state index in [1.807, 2.05) is 6.07 Å². The molecule has 0 atom stereocenters. The molecule has 0 saturated carbocycles. The zero-order valence-electron chi connectivity index (χ0n) is 18.2. The molecule has 1 fully saturated rings. The van der Waals surface area contributed by atoms with Gasteiger partial charge in [0.1, 0.15) is 0 Å². The molecule has 0 aliphatic carbocycles. The molecule has 2 aromatic rings. The zero-order chi connectivity index (χ0) is 21.3. The molecule has 1 N–H and O–H groups in total. The molecule has 3 rings (SSSR count). The van der Waals surface area contributed by atoms with Gasteiger partial charge in [0, 0.05) is 18.7 Å². The molecule has 0 radical (unpaired) electrons. The van der Waals surface area contributed by atoms with Gasteiger partial charge in [0.25, 0.3) is 5.91 Å². The highest BCUT2D eigenvalue weighted by Gasteiger charge is 2.17. The highest BCUT2D eigenvalue weighted by Crippen LogP contribution is 2.38. The van der Waals surface area contributed by atoms with Crippen LogP contribution in [-0.2, 0) is 13.1 Å². The minimum Gasteiger partial charge on any atom is -0.493 e. The van der Waals surface area contributed by atoms with Crippen LogP contribution < -0.4 is 19.5 Å². The van der Waals surface area contributed by atoms with Crippen LogP contribution in [0.3, 0.4) is 0 Å². The third-order valence-corrected chi connectivity index (χ3v) is 5.48. The summed E-state index contributed by atoms with van der Waals surface area (Å²) in [5, 5.41) is 2.99. The minimum absolute atomic E-state index is 0.188. The van der Waals surface area contributed by atoms with Gasteiger partial charge in [0.05, 0.1) is 21.3 Å². The first kappa shape index (κ1) is 22.0. The van der Waals surface area contributed by atoms with E-state index in [0.29, 0.717) is 29.4 Å². The van der Waals surface area contributed by atoms with Crippen molar-refractivity contribution >= 4 is 5.91 Å². The van der Waals surface area contributed by atoms with E-state index >= 15 is 0 Å². The van der Waals surface area contributed by atoms with Crippen LogP contribution in [0.5, 0.6) is 17.2 Å². The first-order valence-electron chi connectivity index (χ1n) is 10.5. The predicted octanol–water partition coefficient (Wildman–Crippen LogP) is 4.02. The summed E-state index contributed by atoms with van der Waals surface area (Å²) in [5.74, 6) is 1.20. The maximum atomic E-state index is 12.7. The van der Waals surface area contributed by atoms with Crippen LogP contribution in [0.15, 0.2) is 36.4 Å². The fourth-order valence-electron chi connectivity index (χ4n) is 3.89. The lowest BCUT2D eigenvalue weighted by atomic mass is 10.1. The number of carbonyl (C=O) groups is 1. The average molecular weight is 413 g/mol. The Balaban J connectivity index is 1.64. The average Bonchev–Trinajstić information content (AvgIpc) is 3.05. The third kappa shape index (κ3) is 5.66. The summed E-state index contributed by atoms with van der Waals surface area (Å²) in [6, 6.07) is 11.8. The fourth-order valence-corrected chi connectivity index (χ4v) is 3.89. The van der Waals surface area contributed by atoms with Crippen LogP contribution in [0.4, 0.5) is 0 Å². The summed E-state index contributed by atoms with van der Waals surface area (Å²) in [4.78, 5) is 15.3. The van der Waals surface area contributed by atoms with Gasteiger partial charge in [0.2, 0.25) is 5.75 Å². The van der Waals surface area contributed by atoms with E-state index in [-0.39, 0.29) is 5.91 Å². The number of ether oxygens (including phenoxy) is 3.